The first kappa shape index (κ1) is 17.0. The molecule has 1 aromatic carbocycles. The van der Waals surface area contributed by atoms with Gasteiger partial charge in [-0.05, 0) is 20.8 Å². The molecule has 6 heteroatoms. The van der Waals surface area contributed by atoms with Crippen LogP contribution in [-0.2, 0) is 6.54 Å². The highest BCUT2D eigenvalue weighted by Gasteiger charge is 2.21. The summed E-state index contributed by atoms with van der Waals surface area (Å²) >= 11 is 0. The summed E-state index contributed by atoms with van der Waals surface area (Å²) in [5.41, 5.74) is 0.660. The molecule has 0 fully saturated rings. The summed E-state index contributed by atoms with van der Waals surface area (Å²) in [6.45, 7) is 6.28. The summed E-state index contributed by atoms with van der Waals surface area (Å²) in [5, 5.41) is 16.6. The normalized spacial score (nSPS) is 11.3. The van der Waals surface area contributed by atoms with Crippen molar-refractivity contribution in [1.82, 2.24) is 15.4 Å². The van der Waals surface area contributed by atoms with Gasteiger partial charge in [0.2, 0.25) is 0 Å². The van der Waals surface area contributed by atoms with Crippen molar-refractivity contribution in [2.45, 2.75) is 32.9 Å². The first-order valence-corrected chi connectivity index (χ1v) is 7.65. The number of aromatic nitrogens is 1. The maximum Gasteiger partial charge on any atom is 0.317 e. The average molecular weight is 317 g/mol. The second-order valence-corrected chi connectivity index (χ2v) is 6.03. The van der Waals surface area contributed by atoms with Crippen molar-refractivity contribution < 1.29 is 14.4 Å². The van der Waals surface area contributed by atoms with Gasteiger partial charge in [0.05, 0.1) is 18.7 Å². The molecule has 0 saturated carbocycles. The van der Waals surface area contributed by atoms with Crippen LogP contribution >= 0.6 is 0 Å². The molecule has 0 radical (unpaired) electrons. The Kier molecular flexibility index (Phi) is 5.39. The molecular weight excluding hydrogens is 294 g/mol. The van der Waals surface area contributed by atoms with E-state index >= 15 is 0 Å². The molecule has 0 aliphatic rings. The molecule has 2 aromatic rings. The molecule has 1 aromatic heterocycles. The monoisotopic (exact) mass is 317 g/mol. The van der Waals surface area contributed by atoms with E-state index in [0.717, 1.165) is 5.56 Å². The summed E-state index contributed by atoms with van der Waals surface area (Å²) in [6.07, 6.45) is 0. The van der Waals surface area contributed by atoms with Crippen molar-refractivity contribution in [2.75, 3.05) is 13.1 Å². The van der Waals surface area contributed by atoms with Gasteiger partial charge in [-0.3, -0.25) is 0 Å². The van der Waals surface area contributed by atoms with Gasteiger partial charge in [-0.15, -0.1) is 0 Å². The van der Waals surface area contributed by atoms with Gasteiger partial charge in [0.1, 0.15) is 5.69 Å². The summed E-state index contributed by atoms with van der Waals surface area (Å²) in [5.74, 6) is 0.665. The Balaban J connectivity index is 1.93. The largest absolute Gasteiger partial charge is 0.389 e. The summed E-state index contributed by atoms with van der Waals surface area (Å²) in [6, 6.07) is 11.2. The van der Waals surface area contributed by atoms with Crippen LogP contribution in [-0.4, -0.2) is 39.9 Å². The molecular formula is C17H23N3O3. The van der Waals surface area contributed by atoms with Gasteiger partial charge in [-0.2, -0.15) is 0 Å². The fraction of sp³-hybridized carbons (Fsp3) is 0.412. The Morgan fingerprint density at radius 2 is 2.04 bits per heavy atom. The number of rotatable bonds is 6. The maximum absolute atomic E-state index is 12.1. The Hall–Kier alpha value is -2.34. The second-order valence-electron chi connectivity index (χ2n) is 6.03. The van der Waals surface area contributed by atoms with Crippen LogP contribution in [0.1, 0.15) is 26.5 Å². The number of hydrogen-bond donors (Lipinski definition) is 2. The first-order valence-electron chi connectivity index (χ1n) is 7.65. The van der Waals surface area contributed by atoms with Crippen molar-refractivity contribution in [3.8, 4) is 11.3 Å². The third-order valence-electron chi connectivity index (χ3n) is 3.28. The molecule has 0 aliphatic carbocycles. The van der Waals surface area contributed by atoms with Gasteiger partial charge < -0.3 is 19.8 Å². The maximum atomic E-state index is 12.1. The number of amides is 2. The Labute approximate surface area is 136 Å². The fourth-order valence-corrected chi connectivity index (χ4v) is 2.21. The summed E-state index contributed by atoms with van der Waals surface area (Å²) < 4.78 is 5.30. The molecule has 0 spiro atoms. The zero-order valence-corrected chi connectivity index (χ0v) is 13.7. The van der Waals surface area contributed by atoms with E-state index in [-0.39, 0.29) is 19.1 Å². The Morgan fingerprint density at radius 3 is 2.65 bits per heavy atom. The Bertz CT molecular complexity index is 632. The van der Waals surface area contributed by atoms with Crippen molar-refractivity contribution in [3.05, 3.63) is 42.1 Å². The van der Waals surface area contributed by atoms with Gasteiger partial charge >= 0.3 is 6.03 Å². The molecule has 23 heavy (non-hydrogen) atoms. The Morgan fingerprint density at radius 1 is 1.35 bits per heavy atom. The topological polar surface area (TPSA) is 78.6 Å². The van der Waals surface area contributed by atoms with E-state index in [1.54, 1.807) is 18.7 Å². The lowest BCUT2D eigenvalue weighted by molar-refractivity contribution is 0.0479. The smallest absolute Gasteiger partial charge is 0.317 e. The zero-order valence-electron chi connectivity index (χ0n) is 13.7. The van der Waals surface area contributed by atoms with Crippen LogP contribution in [0.25, 0.3) is 11.3 Å². The van der Waals surface area contributed by atoms with Gasteiger partial charge in [0.15, 0.2) is 5.76 Å². The van der Waals surface area contributed by atoms with Gasteiger partial charge in [-0.1, -0.05) is 35.5 Å². The number of hydrogen-bond acceptors (Lipinski definition) is 4. The highest BCUT2D eigenvalue weighted by atomic mass is 16.5. The SMILES string of the molecule is CCN(CC(C)(C)O)C(=O)NCc1cc(-c2ccccc2)on1. The van der Waals surface area contributed by atoms with Gasteiger partial charge in [0.25, 0.3) is 0 Å². The van der Waals surface area contributed by atoms with E-state index in [4.69, 9.17) is 4.52 Å². The number of benzene rings is 1. The molecule has 2 rings (SSSR count). The number of likely N-dealkylation sites (N-methyl/N-ethyl adjacent to an activating group) is 1. The second kappa shape index (κ2) is 7.28. The molecule has 124 valence electrons. The van der Waals surface area contributed by atoms with Crippen molar-refractivity contribution in [2.24, 2.45) is 0 Å². The molecule has 1 heterocycles. The van der Waals surface area contributed by atoms with Crippen LogP contribution in [0, 0.1) is 0 Å². The number of aliphatic hydroxyl groups is 1. The number of carbonyl (C=O) groups is 1. The molecule has 0 aliphatic heterocycles. The van der Waals surface area contributed by atoms with E-state index in [1.807, 2.05) is 43.3 Å². The van der Waals surface area contributed by atoms with Crippen molar-refractivity contribution in [3.63, 3.8) is 0 Å². The highest BCUT2D eigenvalue weighted by Crippen LogP contribution is 2.19. The predicted octanol–water partition coefficient (Wildman–Crippen LogP) is 2.64. The highest BCUT2D eigenvalue weighted by molar-refractivity contribution is 5.74. The number of carbonyl (C=O) groups excluding carboxylic acids is 1. The van der Waals surface area contributed by atoms with E-state index in [0.29, 0.717) is 18.0 Å². The van der Waals surface area contributed by atoms with Crippen LogP contribution in [0.5, 0.6) is 0 Å². The molecule has 0 unspecified atom stereocenters. The fourth-order valence-electron chi connectivity index (χ4n) is 2.21. The van der Waals surface area contributed by atoms with Crippen LogP contribution < -0.4 is 5.32 Å². The van der Waals surface area contributed by atoms with Crippen LogP contribution in [0.4, 0.5) is 4.79 Å². The standard InChI is InChI=1S/C17H23N3O3/c1-4-20(12-17(2,3)22)16(21)18-11-14-10-15(23-19-14)13-8-6-5-7-9-13/h5-10,22H,4,11-12H2,1-3H3,(H,18,21). The molecule has 0 saturated heterocycles. The lowest BCUT2D eigenvalue weighted by Gasteiger charge is -2.28. The molecule has 0 bridgehead atoms. The van der Waals surface area contributed by atoms with E-state index in [1.165, 1.54) is 0 Å². The number of nitrogens with zero attached hydrogens (tertiary/aromatic N) is 2. The molecule has 0 atom stereocenters. The minimum atomic E-state index is -0.929. The number of nitrogens with one attached hydrogen (secondary N) is 1. The van der Waals surface area contributed by atoms with Gasteiger partial charge in [0, 0.05) is 18.2 Å². The van der Waals surface area contributed by atoms with Crippen molar-refractivity contribution in [1.29, 1.82) is 0 Å². The van der Waals surface area contributed by atoms with Crippen LogP contribution in [0.15, 0.2) is 40.9 Å². The quantitative estimate of drug-likeness (QED) is 0.858. The number of urea groups is 1. The predicted molar refractivity (Wildman–Crippen MR) is 87.7 cm³/mol. The third-order valence-corrected chi connectivity index (χ3v) is 3.28. The first-order chi connectivity index (χ1) is 10.9. The summed E-state index contributed by atoms with van der Waals surface area (Å²) in [7, 11) is 0. The van der Waals surface area contributed by atoms with E-state index < -0.39 is 5.60 Å². The van der Waals surface area contributed by atoms with Crippen molar-refractivity contribution >= 4 is 6.03 Å². The summed E-state index contributed by atoms with van der Waals surface area (Å²) in [4.78, 5) is 13.7. The van der Waals surface area contributed by atoms with Crippen LogP contribution in [0.2, 0.25) is 0 Å². The zero-order chi connectivity index (χ0) is 16.9. The van der Waals surface area contributed by atoms with Crippen LogP contribution in [0.3, 0.4) is 0 Å². The lowest BCUT2D eigenvalue weighted by Crippen LogP contribution is -2.46. The third kappa shape index (κ3) is 5.10. The minimum absolute atomic E-state index is 0.237. The average Bonchev–Trinajstić information content (AvgIpc) is 2.99. The molecule has 2 amide bonds. The van der Waals surface area contributed by atoms with Gasteiger partial charge in [-0.25, -0.2) is 4.79 Å². The molecule has 6 nitrogen and oxygen atoms in total. The molecule has 2 N–H and O–H groups in total. The van der Waals surface area contributed by atoms with E-state index in [2.05, 4.69) is 10.5 Å². The van der Waals surface area contributed by atoms with E-state index in [9.17, 15) is 9.90 Å². The lowest BCUT2D eigenvalue weighted by atomic mass is 10.1. The minimum Gasteiger partial charge on any atom is -0.389 e.